The van der Waals surface area contributed by atoms with Gasteiger partial charge < -0.3 is 10.5 Å². The van der Waals surface area contributed by atoms with Crippen molar-refractivity contribution >= 4 is 12.4 Å². The Bertz CT molecular complexity index is 421. The van der Waals surface area contributed by atoms with Gasteiger partial charge in [0.05, 0.1) is 6.61 Å². The van der Waals surface area contributed by atoms with Crippen LogP contribution in [0.1, 0.15) is 32.8 Å². The molecule has 2 rings (SSSR count). The summed E-state index contributed by atoms with van der Waals surface area (Å²) < 4.78 is 5.71. The van der Waals surface area contributed by atoms with Crippen LogP contribution in [0.3, 0.4) is 0 Å². The molecular weight excluding hydrogens is 284 g/mol. The van der Waals surface area contributed by atoms with E-state index in [0.29, 0.717) is 11.3 Å². The quantitative estimate of drug-likeness (QED) is 0.876. The van der Waals surface area contributed by atoms with Crippen LogP contribution in [0.25, 0.3) is 0 Å². The normalized spacial score (nSPS) is 22.3. The Hall–Kier alpha value is -0.770. The Kier molecular flexibility index (Phi) is 6.98. The Morgan fingerprint density at radius 3 is 2.48 bits per heavy atom. The van der Waals surface area contributed by atoms with Crippen molar-refractivity contribution in [2.75, 3.05) is 26.2 Å². The van der Waals surface area contributed by atoms with E-state index in [4.69, 9.17) is 10.5 Å². The summed E-state index contributed by atoms with van der Waals surface area (Å²) >= 11 is 0. The van der Waals surface area contributed by atoms with Crippen molar-refractivity contribution in [2.45, 2.75) is 33.7 Å². The van der Waals surface area contributed by atoms with Crippen LogP contribution in [-0.4, -0.2) is 31.1 Å². The summed E-state index contributed by atoms with van der Waals surface area (Å²) in [6.07, 6.45) is 1.21. The summed E-state index contributed by atoms with van der Waals surface area (Å²) in [5.74, 6) is 1.53. The van der Waals surface area contributed by atoms with Gasteiger partial charge in [0.1, 0.15) is 5.75 Å². The number of nitrogens with two attached hydrogens (primary N) is 1. The monoisotopic (exact) mass is 312 g/mol. The smallest absolute Gasteiger partial charge is 0.119 e. The molecule has 1 atom stereocenters. The SMILES string of the molecule is CC(C)COc1ccc(CN2CCC(C)(CN)C2)cc1.Cl. The first-order valence-electron chi connectivity index (χ1n) is 7.65. The molecule has 1 aromatic rings. The summed E-state index contributed by atoms with van der Waals surface area (Å²) in [5.41, 5.74) is 7.51. The molecule has 1 saturated heterocycles. The Morgan fingerprint density at radius 2 is 1.95 bits per heavy atom. The third-order valence-corrected chi connectivity index (χ3v) is 4.04. The van der Waals surface area contributed by atoms with Gasteiger partial charge in [0.25, 0.3) is 0 Å². The third-order valence-electron chi connectivity index (χ3n) is 4.04. The minimum Gasteiger partial charge on any atom is -0.493 e. The van der Waals surface area contributed by atoms with Crippen LogP contribution in [0.5, 0.6) is 5.75 Å². The van der Waals surface area contributed by atoms with E-state index < -0.39 is 0 Å². The van der Waals surface area contributed by atoms with Crippen molar-refractivity contribution in [1.29, 1.82) is 0 Å². The summed E-state index contributed by atoms with van der Waals surface area (Å²) in [4.78, 5) is 2.50. The second kappa shape index (κ2) is 8.02. The lowest BCUT2D eigenvalue weighted by molar-refractivity contribution is 0.269. The second-order valence-electron chi connectivity index (χ2n) is 6.82. The number of benzene rings is 1. The fourth-order valence-corrected chi connectivity index (χ4v) is 2.64. The van der Waals surface area contributed by atoms with Gasteiger partial charge in [0.15, 0.2) is 0 Å². The lowest BCUT2D eigenvalue weighted by Crippen LogP contribution is -2.31. The van der Waals surface area contributed by atoms with E-state index in [1.54, 1.807) is 0 Å². The molecule has 1 heterocycles. The number of likely N-dealkylation sites (tertiary alicyclic amines) is 1. The maximum Gasteiger partial charge on any atom is 0.119 e. The molecule has 2 N–H and O–H groups in total. The molecule has 1 unspecified atom stereocenters. The molecule has 1 aliphatic heterocycles. The molecule has 1 fully saturated rings. The van der Waals surface area contributed by atoms with Crippen LogP contribution in [0.2, 0.25) is 0 Å². The molecule has 0 spiro atoms. The van der Waals surface area contributed by atoms with Crippen molar-refractivity contribution in [1.82, 2.24) is 4.90 Å². The van der Waals surface area contributed by atoms with E-state index in [1.165, 1.54) is 12.0 Å². The number of ether oxygens (including phenoxy) is 1. The predicted molar refractivity (Wildman–Crippen MR) is 91.1 cm³/mol. The largest absolute Gasteiger partial charge is 0.493 e. The average Bonchev–Trinajstić information content (AvgIpc) is 2.80. The molecule has 1 aliphatic rings. The van der Waals surface area contributed by atoms with Gasteiger partial charge in [0.2, 0.25) is 0 Å². The van der Waals surface area contributed by atoms with Crippen LogP contribution in [-0.2, 0) is 6.54 Å². The molecule has 3 nitrogen and oxygen atoms in total. The summed E-state index contributed by atoms with van der Waals surface area (Å²) in [6, 6.07) is 8.51. The number of nitrogens with zero attached hydrogens (tertiary/aromatic N) is 1. The topological polar surface area (TPSA) is 38.5 Å². The second-order valence-corrected chi connectivity index (χ2v) is 6.82. The molecule has 0 aromatic heterocycles. The number of halogens is 1. The van der Waals surface area contributed by atoms with Crippen molar-refractivity contribution < 1.29 is 4.74 Å². The highest BCUT2D eigenvalue weighted by Crippen LogP contribution is 2.29. The zero-order valence-electron chi connectivity index (χ0n) is 13.5. The number of hydrogen-bond donors (Lipinski definition) is 1. The lowest BCUT2D eigenvalue weighted by atomic mass is 9.90. The number of rotatable bonds is 6. The fraction of sp³-hybridized carbons (Fsp3) is 0.647. The first-order chi connectivity index (χ1) is 9.50. The third kappa shape index (κ3) is 5.50. The van der Waals surface area contributed by atoms with Gasteiger partial charge in [-0.15, -0.1) is 12.4 Å². The highest BCUT2D eigenvalue weighted by atomic mass is 35.5. The van der Waals surface area contributed by atoms with Crippen molar-refractivity contribution in [3.05, 3.63) is 29.8 Å². The Balaban J connectivity index is 0.00000220. The van der Waals surface area contributed by atoms with Crippen LogP contribution < -0.4 is 10.5 Å². The van der Waals surface area contributed by atoms with Gasteiger partial charge >= 0.3 is 0 Å². The van der Waals surface area contributed by atoms with E-state index in [9.17, 15) is 0 Å². The zero-order chi connectivity index (χ0) is 14.6. The van der Waals surface area contributed by atoms with Crippen molar-refractivity contribution in [3.63, 3.8) is 0 Å². The van der Waals surface area contributed by atoms with Crippen LogP contribution in [0.4, 0.5) is 0 Å². The zero-order valence-corrected chi connectivity index (χ0v) is 14.3. The molecule has 0 amide bonds. The molecule has 0 bridgehead atoms. The molecule has 21 heavy (non-hydrogen) atoms. The van der Waals surface area contributed by atoms with Crippen LogP contribution in [0.15, 0.2) is 24.3 Å². The molecule has 120 valence electrons. The minimum absolute atomic E-state index is 0. The van der Waals surface area contributed by atoms with Crippen LogP contribution in [0, 0.1) is 11.3 Å². The van der Waals surface area contributed by atoms with Crippen LogP contribution >= 0.6 is 12.4 Å². The summed E-state index contributed by atoms with van der Waals surface area (Å²) in [7, 11) is 0. The minimum atomic E-state index is 0. The maximum atomic E-state index is 5.86. The van der Waals surface area contributed by atoms with E-state index in [2.05, 4.69) is 49.9 Å². The fourth-order valence-electron chi connectivity index (χ4n) is 2.64. The molecule has 0 radical (unpaired) electrons. The predicted octanol–water partition coefficient (Wildman–Crippen LogP) is 3.31. The van der Waals surface area contributed by atoms with Gasteiger partial charge in [-0.1, -0.05) is 32.9 Å². The van der Waals surface area contributed by atoms with Gasteiger partial charge in [0, 0.05) is 13.1 Å². The van der Waals surface area contributed by atoms with Gasteiger partial charge in [-0.25, -0.2) is 0 Å². The van der Waals surface area contributed by atoms with Gasteiger partial charge in [-0.05, 0) is 48.5 Å². The first kappa shape index (κ1) is 18.3. The Morgan fingerprint density at radius 1 is 1.29 bits per heavy atom. The standard InChI is InChI=1S/C17H28N2O.ClH/c1-14(2)11-20-16-6-4-15(5-7-16)10-19-9-8-17(3,12-18)13-19;/h4-7,14H,8-13,18H2,1-3H3;1H. The molecule has 0 aliphatic carbocycles. The molecular formula is C17H29ClN2O. The highest BCUT2D eigenvalue weighted by Gasteiger charge is 2.32. The maximum absolute atomic E-state index is 5.86. The lowest BCUT2D eigenvalue weighted by Gasteiger charge is -2.22. The number of hydrogen-bond acceptors (Lipinski definition) is 3. The van der Waals surface area contributed by atoms with E-state index in [1.807, 2.05) is 0 Å². The van der Waals surface area contributed by atoms with Gasteiger partial charge in [-0.2, -0.15) is 0 Å². The highest BCUT2D eigenvalue weighted by molar-refractivity contribution is 5.85. The Labute approximate surface area is 135 Å². The van der Waals surface area contributed by atoms with Crippen molar-refractivity contribution in [2.24, 2.45) is 17.1 Å². The molecule has 4 heteroatoms. The van der Waals surface area contributed by atoms with E-state index in [0.717, 1.165) is 38.5 Å². The molecule has 1 aromatic carbocycles. The first-order valence-corrected chi connectivity index (χ1v) is 7.65. The van der Waals surface area contributed by atoms with Crippen molar-refractivity contribution in [3.8, 4) is 5.75 Å². The summed E-state index contributed by atoms with van der Waals surface area (Å²) in [6.45, 7) is 11.4. The van der Waals surface area contributed by atoms with E-state index >= 15 is 0 Å². The van der Waals surface area contributed by atoms with E-state index in [-0.39, 0.29) is 12.4 Å². The average molecular weight is 313 g/mol. The van der Waals surface area contributed by atoms with Gasteiger partial charge in [-0.3, -0.25) is 4.90 Å². The molecule has 0 saturated carbocycles. The summed E-state index contributed by atoms with van der Waals surface area (Å²) in [5, 5.41) is 0.